The molecule has 0 unspecified atom stereocenters. The van der Waals surface area contributed by atoms with Crippen LogP contribution in [0, 0.1) is 5.82 Å². The number of nitrogens with two attached hydrogens (primary N) is 3. The van der Waals surface area contributed by atoms with Crippen molar-refractivity contribution in [2.45, 2.75) is 0 Å². The first-order chi connectivity index (χ1) is 10.4. The summed E-state index contributed by atoms with van der Waals surface area (Å²) in [6.07, 6.45) is 0. The molecule has 0 heterocycles. The number of rotatable bonds is 2. The van der Waals surface area contributed by atoms with Gasteiger partial charge in [0.25, 0.3) is 0 Å². The lowest BCUT2D eigenvalue weighted by Gasteiger charge is -2.08. The molecule has 114 valence electrons. The molecule has 0 amide bonds. The number of benzene rings is 2. The minimum absolute atomic E-state index is 0.123. The summed E-state index contributed by atoms with van der Waals surface area (Å²) in [5.74, 6) is -0.676. The fraction of sp³-hybridized carbons (Fsp3) is 0. The van der Waals surface area contributed by atoms with Gasteiger partial charge in [0.1, 0.15) is 5.82 Å². The molecule has 0 radical (unpaired) electrons. The van der Waals surface area contributed by atoms with Gasteiger partial charge < -0.3 is 17.2 Å². The van der Waals surface area contributed by atoms with E-state index in [0.29, 0.717) is 26.9 Å². The van der Waals surface area contributed by atoms with Crippen LogP contribution in [0.3, 0.4) is 0 Å². The quantitative estimate of drug-likeness (QED) is 0.578. The van der Waals surface area contributed by atoms with E-state index in [1.807, 2.05) is 0 Å². The van der Waals surface area contributed by atoms with Crippen LogP contribution in [0.1, 0.15) is 0 Å². The average Bonchev–Trinajstić information content (AvgIpc) is 2.39. The van der Waals surface area contributed by atoms with Crippen molar-refractivity contribution in [2.24, 2.45) is 27.2 Å². The Morgan fingerprint density at radius 2 is 1.50 bits per heavy atom. The lowest BCUT2D eigenvalue weighted by atomic mass is 10.1. The summed E-state index contributed by atoms with van der Waals surface area (Å²) in [5.41, 5.74) is 17.6. The first-order valence-electron chi connectivity index (χ1n) is 6.05. The number of hydrogen-bond acceptors (Lipinski definition) is 1. The van der Waals surface area contributed by atoms with Crippen molar-refractivity contribution in [1.82, 2.24) is 0 Å². The predicted octanol–water partition coefficient (Wildman–Crippen LogP) is 3.02. The van der Waals surface area contributed by atoms with E-state index in [2.05, 4.69) is 9.98 Å². The highest BCUT2D eigenvalue weighted by Gasteiger charge is 2.11. The zero-order valence-corrected chi connectivity index (χ0v) is 12.7. The third-order valence-electron chi connectivity index (χ3n) is 2.65. The van der Waals surface area contributed by atoms with E-state index in [4.69, 9.17) is 40.4 Å². The second-order valence-electron chi connectivity index (χ2n) is 4.30. The summed E-state index contributed by atoms with van der Waals surface area (Å²) in [6.45, 7) is 0. The normalized spacial score (nSPS) is 11.3. The van der Waals surface area contributed by atoms with Crippen LogP contribution in [0.5, 0.6) is 0 Å². The molecule has 0 atom stereocenters. The Kier molecular flexibility index (Phi) is 4.85. The zero-order valence-electron chi connectivity index (χ0n) is 11.2. The second kappa shape index (κ2) is 6.64. The predicted molar refractivity (Wildman–Crippen MR) is 88.9 cm³/mol. The highest BCUT2D eigenvalue weighted by atomic mass is 35.5. The maximum Gasteiger partial charge on any atom is 0.223 e. The van der Waals surface area contributed by atoms with Crippen LogP contribution in [-0.4, -0.2) is 11.9 Å². The average molecular weight is 340 g/mol. The molecule has 0 spiro atoms. The van der Waals surface area contributed by atoms with E-state index < -0.39 is 0 Å². The minimum atomic E-state index is -0.345. The summed E-state index contributed by atoms with van der Waals surface area (Å²) in [7, 11) is 0. The van der Waals surface area contributed by atoms with E-state index >= 15 is 0 Å². The first kappa shape index (κ1) is 16.1. The Morgan fingerprint density at radius 1 is 0.955 bits per heavy atom. The lowest BCUT2D eigenvalue weighted by molar-refractivity contribution is 0.628. The second-order valence-corrected chi connectivity index (χ2v) is 5.11. The van der Waals surface area contributed by atoms with Crippen molar-refractivity contribution >= 4 is 40.8 Å². The van der Waals surface area contributed by atoms with Crippen molar-refractivity contribution in [3.05, 3.63) is 52.3 Å². The summed E-state index contributed by atoms with van der Waals surface area (Å²) in [4.78, 5) is 7.58. The number of halogens is 3. The number of nitrogens with zero attached hydrogens (tertiary/aromatic N) is 2. The Hall–Kier alpha value is -2.31. The molecular formula is C14H12Cl2FN5. The fourth-order valence-corrected chi connectivity index (χ4v) is 2.50. The molecule has 8 heteroatoms. The maximum atomic E-state index is 13.0. The van der Waals surface area contributed by atoms with Gasteiger partial charge in [-0.05, 0) is 29.8 Å². The standard InChI is InChI=1S/C14H12Cl2FN5/c15-10-5-9(21-14(20)22-13(18)19)6-11(16)12(10)7-1-3-8(17)4-2-7/h1-6H,(H6,18,19,20,21,22). The molecule has 0 aliphatic rings. The number of guanidine groups is 2. The summed E-state index contributed by atoms with van der Waals surface area (Å²) < 4.78 is 13.0. The van der Waals surface area contributed by atoms with E-state index in [0.717, 1.165) is 0 Å². The number of hydrogen-bond donors (Lipinski definition) is 3. The first-order valence-corrected chi connectivity index (χ1v) is 6.81. The monoisotopic (exact) mass is 339 g/mol. The van der Waals surface area contributed by atoms with Gasteiger partial charge in [-0.1, -0.05) is 35.3 Å². The molecule has 0 fully saturated rings. The van der Waals surface area contributed by atoms with Gasteiger partial charge in [0.2, 0.25) is 5.96 Å². The summed E-state index contributed by atoms with van der Waals surface area (Å²) in [5, 5.41) is 0.686. The largest absolute Gasteiger partial charge is 0.370 e. The van der Waals surface area contributed by atoms with Crippen molar-refractivity contribution in [3.8, 4) is 11.1 Å². The summed E-state index contributed by atoms with van der Waals surface area (Å²) >= 11 is 12.4. The van der Waals surface area contributed by atoms with Gasteiger partial charge in [0, 0.05) is 5.56 Å². The van der Waals surface area contributed by atoms with Crippen LogP contribution in [0.4, 0.5) is 10.1 Å². The third kappa shape index (κ3) is 3.87. The van der Waals surface area contributed by atoms with Gasteiger partial charge in [-0.25, -0.2) is 9.38 Å². The molecule has 0 saturated heterocycles. The van der Waals surface area contributed by atoms with Crippen LogP contribution in [0.2, 0.25) is 10.0 Å². The van der Waals surface area contributed by atoms with Gasteiger partial charge >= 0.3 is 0 Å². The molecule has 0 saturated carbocycles. The molecule has 0 aromatic heterocycles. The Labute approximate surface area is 136 Å². The third-order valence-corrected chi connectivity index (χ3v) is 3.24. The molecule has 0 bridgehead atoms. The van der Waals surface area contributed by atoms with Crippen molar-refractivity contribution in [2.75, 3.05) is 0 Å². The Morgan fingerprint density at radius 3 is 2.00 bits per heavy atom. The zero-order chi connectivity index (χ0) is 16.3. The molecule has 0 aliphatic carbocycles. The van der Waals surface area contributed by atoms with E-state index in [-0.39, 0.29) is 17.7 Å². The maximum absolute atomic E-state index is 13.0. The fourth-order valence-electron chi connectivity index (χ4n) is 1.81. The van der Waals surface area contributed by atoms with Gasteiger partial charge in [0.15, 0.2) is 5.96 Å². The lowest BCUT2D eigenvalue weighted by Crippen LogP contribution is -2.26. The Bertz CT molecular complexity index is 729. The van der Waals surface area contributed by atoms with Gasteiger partial charge in [0.05, 0.1) is 15.7 Å². The van der Waals surface area contributed by atoms with Crippen LogP contribution in [-0.2, 0) is 0 Å². The minimum Gasteiger partial charge on any atom is -0.370 e. The van der Waals surface area contributed by atoms with Gasteiger partial charge in [-0.2, -0.15) is 4.99 Å². The highest BCUT2D eigenvalue weighted by molar-refractivity contribution is 6.39. The highest BCUT2D eigenvalue weighted by Crippen LogP contribution is 2.38. The molecule has 5 nitrogen and oxygen atoms in total. The van der Waals surface area contributed by atoms with Crippen LogP contribution in [0.15, 0.2) is 46.4 Å². The van der Waals surface area contributed by atoms with E-state index in [1.165, 1.54) is 12.1 Å². The van der Waals surface area contributed by atoms with E-state index in [9.17, 15) is 4.39 Å². The van der Waals surface area contributed by atoms with Crippen LogP contribution in [0.25, 0.3) is 11.1 Å². The van der Waals surface area contributed by atoms with Crippen molar-refractivity contribution in [1.29, 1.82) is 0 Å². The molecule has 0 aliphatic heterocycles. The molecular weight excluding hydrogens is 328 g/mol. The van der Waals surface area contributed by atoms with Gasteiger partial charge in [-0.15, -0.1) is 0 Å². The molecule has 2 aromatic carbocycles. The SMILES string of the molecule is NC(N)=NC(N)=Nc1cc(Cl)c(-c2ccc(F)cc2)c(Cl)c1. The van der Waals surface area contributed by atoms with Crippen LogP contribution < -0.4 is 17.2 Å². The van der Waals surface area contributed by atoms with Crippen LogP contribution >= 0.6 is 23.2 Å². The topological polar surface area (TPSA) is 103 Å². The number of aliphatic imine (C=N–C) groups is 2. The van der Waals surface area contributed by atoms with Crippen molar-refractivity contribution in [3.63, 3.8) is 0 Å². The molecule has 6 N–H and O–H groups in total. The summed E-state index contributed by atoms with van der Waals surface area (Å²) in [6, 6.07) is 8.93. The van der Waals surface area contributed by atoms with E-state index in [1.54, 1.807) is 24.3 Å². The van der Waals surface area contributed by atoms with Crippen molar-refractivity contribution < 1.29 is 4.39 Å². The smallest absolute Gasteiger partial charge is 0.223 e. The van der Waals surface area contributed by atoms with Gasteiger partial charge in [-0.3, -0.25) is 0 Å². The Balaban J connectivity index is 2.45. The molecule has 2 aromatic rings. The molecule has 2 rings (SSSR count). The molecule has 22 heavy (non-hydrogen) atoms.